The first-order valence-corrected chi connectivity index (χ1v) is 7.80. The van der Waals surface area contributed by atoms with Crippen LogP contribution in [0.5, 0.6) is 0 Å². The molecule has 0 aromatic heterocycles. The first-order chi connectivity index (χ1) is 8.76. The fraction of sp³-hybridized carbons (Fsp3) is 0.562. The summed E-state index contributed by atoms with van der Waals surface area (Å²) in [6, 6.07) is 5.97. The van der Waals surface area contributed by atoms with E-state index in [1.165, 1.54) is 50.5 Å². The van der Waals surface area contributed by atoms with Crippen LogP contribution in [0.25, 0.3) is 0 Å². The lowest BCUT2D eigenvalue weighted by atomic mass is 10.0. The molecule has 0 heterocycles. The van der Waals surface area contributed by atoms with Crippen molar-refractivity contribution in [3.63, 3.8) is 0 Å². The molecule has 2 heteroatoms. The van der Waals surface area contributed by atoms with Crippen LogP contribution in [-0.2, 0) is 6.42 Å². The molecule has 0 radical (unpaired) electrons. The lowest BCUT2D eigenvalue weighted by Gasteiger charge is -2.04. The normalized spacial score (nSPS) is 10.6. The summed E-state index contributed by atoms with van der Waals surface area (Å²) in [4.78, 5) is 10.8. The van der Waals surface area contributed by atoms with E-state index in [-0.39, 0.29) is 0 Å². The Labute approximate surface area is 119 Å². The molecule has 0 unspecified atom stereocenters. The lowest BCUT2D eigenvalue weighted by Crippen LogP contribution is -1.89. The number of hydrogen-bond donors (Lipinski definition) is 0. The Balaban J connectivity index is 2.22. The minimum atomic E-state index is 0.766. The van der Waals surface area contributed by atoms with E-state index in [9.17, 15) is 4.79 Å². The molecule has 0 aliphatic rings. The fourth-order valence-corrected chi connectivity index (χ4v) is 2.73. The number of carbonyl (C=O) groups excluding carboxylic acids is 1. The average Bonchev–Trinajstić information content (AvgIpc) is 2.37. The zero-order chi connectivity index (χ0) is 13.2. The number of rotatable bonds is 9. The molecule has 1 aromatic carbocycles. The molecule has 1 nitrogen and oxygen atoms in total. The Hall–Kier alpha value is -0.630. The van der Waals surface area contributed by atoms with Gasteiger partial charge in [-0.15, -0.1) is 0 Å². The second kappa shape index (κ2) is 9.32. The number of aryl methyl sites for hydroxylation is 1. The van der Waals surface area contributed by atoms with Crippen LogP contribution in [0.2, 0.25) is 0 Å². The van der Waals surface area contributed by atoms with Crippen LogP contribution in [0, 0.1) is 0 Å². The van der Waals surface area contributed by atoms with E-state index in [2.05, 4.69) is 28.9 Å². The molecule has 0 saturated heterocycles. The van der Waals surface area contributed by atoms with Crippen LogP contribution in [0.4, 0.5) is 0 Å². The highest BCUT2D eigenvalue weighted by molar-refractivity contribution is 9.10. The summed E-state index contributed by atoms with van der Waals surface area (Å²) in [6.45, 7) is 2.25. The van der Waals surface area contributed by atoms with Gasteiger partial charge in [-0.25, -0.2) is 0 Å². The zero-order valence-electron chi connectivity index (χ0n) is 11.3. The van der Waals surface area contributed by atoms with E-state index >= 15 is 0 Å². The Morgan fingerprint density at radius 3 is 2.33 bits per heavy atom. The number of aldehydes is 1. The van der Waals surface area contributed by atoms with Crippen molar-refractivity contribution in [2.24, 2.45) is 0 Å². The Morgan fingerprint density at radius 1 is 1.00 bits per heavy atom. The number of carbonyl (C=O) groups is 1. The maximum absolute atomic E-state index is 10.8. The quantitative estimate of drug-likeness (QED) is 0.431. The minimum Gasteiger partial charge on any atom is -0.298 e. The van der Waals surface area contributed by atoms with Crippen LogP contribution >= 0.6 is 15.9 Å². The summed E-state index contributed by atoms with van der Waals surface area (Å²) in [5, 5.41) is 0. The standard InChI is InChI=1S/C16H23BrO/c1-2-3-4-5-6-7-8-9-14-10-15(13-18)12-16(17)11-14/h10-13H,2-9H2,1H3. The molecule has 18 heavy (non-hydrogen) atoms. The molecule has 0 bridgehead atoms. The SMILES string of the molecule is CCCCCCCCCc1cc(Br)cc(C=O)c1. The topological polar surface area (TPSA) is 17.1 Å². The highest BCUT2D eigenvalue weighted by Crippen LogP contribution is 2.17. The Bertz CT molecular complexity index is 360. The molecule has 0 fully saturated rings. The summed E-state index contributed by atoms with van der Waals surface area (Å²) >= 11 is 3.45. The van der Waals surface area contributed by atoms with E-state index in [0.717, 1.165) is 22.7 Å². The average molecular weight is 311 g/mol. The van der Waals surface area contributed by atoms with Crippen molar-refractivity contribution in [1.29, 1.82) is 0 Å². The molecule has 1 rings (SSSR count). The zero-order valence-corrected chi connectivity index (χ0v) is 12.8. The van der Waals surface area contributed by atoms with Gasteiger partial charge in [-0.1, -0.05) is 61.4 Å². The largest absolute Gasteiger partial charge is 0.298 e. The van der Waals surface area contributed by atoms with Gasteiger partial charge in [-0.05, 0) is 36.6 Å². The molecule has 100 valence electrons. The van der Waals surface area contributed by atoms with E-state index in [1.54, 1.807) is 0 Å². The molecule has 0 atom stereocenters. The summed E-state index contributed by atoms with van der Waals surface area (Å²) in [5.41, 5.74) is 2.03. The maximum atomic E-state index is 10.8. The van der Waals surface area contributed by atoms with Gasteiger partial charge in [0.2, 0.25) is 0 Å². The first-order valence-electron chi connectivity index (χ1n) is 7.01. The molecular weight excluding hydrogens is 288 g/mol. The fourth-order valence-electron chi connectivity index (χ4n) is 2.17. The number of hydrogen-bond acceptors (Lipinski definition) is 1. The van der Waals surface area contributed by atoms with E-state index < -0.39 is 0 Å². The van der Waals surface area contributed by atoms with E-state index in [1.807, 2.05) is 12.1 Å². The molecule has 0 aliphatic carbocycles. The smallest absolute Gasteiger partial charge is 0.150 e. The van der Waals surface area contributed by atoms with Gasteiger partial charge >= 0.3 is 0 Å². The lowest BCUT2D eigenvalue weighted by molar-refractivity contribution is 0.112. The van der Waals surface area contributed by atoms with Gasteiger partial charge < -0.3 is 0 Å². The minimum absolute atomic E-state index is 0.766. The number of halogens is 1. The highest BCUT2D eigenvalue weighted by Gasteiger charge is 1.99. The summed E-state index contributed by atoms with van der Waals surface area (Å²) in [7, 11) is 0. The summed E-state index contributed by atoms with van der Waals surface area (Å²) < 4.78 is 1.00. The van der Waals surface area contributed by atoms with Gasteiger partial charge in [0, 0.05) is 10.0 Å². The second-order valence-electron chi connectivity index (χ2n) is 4.88. The van der Waals surface area contributed by atoms with Gasteiger partial charge in [0.15, 0.2) is 0 Å². The number of benzene rings is 1. The van der Waals surface area contributed by atoms with Crippen LogP contribution in [0.15, 0.2) is 22.7 Å². The second-order valence-corrected chi connectivity index (χ2v) is 5.80. The first kappa shape index (κ1) is 15.4. The molecule has 0 saturated carbocycles. The van der Waals surface area contributed by atoms with Gasteiger partial charge in [0.25, 0.3) is 0 Å². The third-order valence-electron chi connectivity index (χ3n) is 3.18. The van der Waals surface area contributed by atoms with Crippen LogP contribution < -0.4 is 0 Å². The van der Waals surface area contributed by atoms with Gasteiger partial charge in [-0.2, -0.15) is 0 Å². The van der Waals surface area contributed by atoms with E-state index in [0.29, 0.717) is 0 Å². The van der Waals surface area contributed by atoms with Crippen molar-refractivity contribution in [3.05, 3.63) is 33.8 Å². The third-order valence-corrected chi connectivity index (χ3v) is 3.64. The highest BCUT2D eigenvalue weighted by atomic mass is 79.9. The molecular formula is C16H23BrO. The predicted octanol–water partition coefficient (Wildman–Crippen LogP) is 5.55. The molecule has 1 aromatic rings. The molecule has 0 amide bonds. The Morgan fingerprint density at radius 2 is 1.67 bits per heavy atom. The van der Waals surface area contributed by atoms with E-state index in [4.69, 9.17) is 0 Å². The van der Waals surface area contributed by atoms with Crippen molar-refractivity contribution >= 4 is 22.2 Å². The van der Waals surface area contributed by atoms with Gasteiger partial charge in [0.05, 0.1) is 0 Å². The summed E-state index contributed by atoms with van der Waals surface area (Å²) in [6.07, 6.45) is 11.3. The van der Waals surface area contributed by atoms with Gasteiger partial charge in [-0.3, -0.25) is 4.79 Å². The Kier molecular flexibility index (Phi) is 7.99. The molecule has 0 aliphatic heterocycles. The van der Waals surface area contributed by atoms with Gasteiger partial charge in [0.1, 0.15) is 6.29 Å². The summed E-state index contributed by atoms with van der Waals surface area (Å²) in [5.74, 6) is 0. The number of unbranched alkanes of at least 4 members (excludes halogenated alkanes) is 6. The predicted molar refractivity (Wildman–Crippen MR) is 81.2 cm³/mol. The van der Waals surface area contributed by atoms with Crippen LogP contribution in [-0.4, -0.2) is 6.29 Å². The third kappa shape index (κ3) is 6.34. The maximum Gasteiger partial charge on any atom is 0.150 e. The molecule has 0 N–H and O–H groups in total. The van der Waals surface area contributed by atoms with Crippen molar-refractivity contribution in [3.8, 4) is 0 Å². The van der Waals surface area contributed by atoms with Crippen LogP contribution in [0.3, 0.4) is 0 Å². The monoisotopic (exact) mass is 310 g/mol. The van der Waals surface area contributed by atoms with Crippen molar-refractivity contribution in [1.82, 2.24) is 0 Å². The van der Waals surface area contributed by atoms with Crippen molar-refractivity contribution in [2.75, 3.05) is 0 Å². The molecule has 0 spiro atoms. The van der Waals surface area contributed by atoms with Crippen LogP contribution in [0.1, 0.15) is 67.8 Å². The van der Waals surface area contributed by atoms with Crippen molar-refractivity contribution in [2.45, 2.75) is 58.3 Å². The van der Waals surface area contributed by atoms with Crippen molar-refractivity contribution < 1.29 is 4.79 Å².